The average Bonchev–Trinajstić information content (AvgIpc) is 2.55. The Balaban J connectivity index is 2.76. The fraction of sp³-hybridized carbons (Fsp3) is 0.400. The van der Waals surface area contributed by atoms with Crippen LogP contribution >= 0.6 is 15.9 Å². The summed E-state index contributed by atoms with van der Waals surface area (Å²) in [7, 11) is 1.88. The zero-order valence-corrected chi connectivity index (χ0v) is 10.5. The summed E-state index contributed by atoms with van der Waals surface area (Å²) >= 11 is 3.37. The lowest BCUT2D eigenvalue weighted by atomic mass is 10.3. The first kappa shape index (κ1) is 10.4. The number of nitrogens with zero attached hydrogens (tertiary/aromatic N) is 3. The number of pyridine rings is 1. The fourth-order valence-electron chi connectivity index (χ4n) is 1.67. The van der Waals surface area contributed by atoms with Crippen LogP contribution in [0.5, 0.6) is 0 Å². The van der Waals surface area contributed by atoms with Gasteiger partial charge in [-0.15, -0.1) is 0 Å². The molecule has 0 atom stereocenters. The summed E-state index contributed by atoms with van der Waals surface area (Å²) in [5.41, 5.74) is 2.01. The standard InChI is InChI=1S/C10H13BrN4/c1-6(2)15-8-4-9(11)13-5-7(8)14-10(15)12-3/h4-6H,1-3H3,(H,12,14). The molecule has 2 aromatic rings. The summed E-state index contributed by atoms with van der Waals surface area (Å²) in [5, 5.41) is 3.09. The molecule has 0 unspecified atom stereocenters. The molecule has 0 spiro atoms. The largest absolute Gasteiger partial charge is 0.359 e. The Morgan fingerprint density at radius 3 is 2.80 bits per heavy atom. The predicted octanol–water partition coefficient (Wildman–Crippen LogP) is 2.82. The van der Waals surface area contributed by atoms with Crippen molar-refractivity contribution >= 4 is 32.9 Å². The normalized spacial score (nSPS) is 11.3. The lowest BCUT2D eigenvalue weighted by molar-refractivity contribution is 0.624. The van der Waals surface area contributed by atoms with Gasteiger partial charge in [-0.2, -0.15) is 0 Å². The van der Waals surface area contributed by atoms with Gasteiger partial charge in [0.2, 0.25) is 5.95 Å². The summed E-state index contributed by atoms with van der Waals surface area (Å²) in [6, 6.07) is 2.36. The lowest BCUT2D eigenvalue weighted by Crippen LogP contribution is -2.05. The van der Waals surface area contributed by atoms with E-state index >= 15 is 0 Å². The third kappa shape index (κ3) is 1.71. The highest BCUT2D eigenvalue weighted by atomic mass is 79.9. The molecule has 0 fully saturated rings. The molecule has 0 aliphatic heterocycles. The third-order valence-corrected chi connectivity index (χ3v) is 2.72. The molecule has 0 aliphatic rings. The molecule has 4 nitrogen and oxygen atoms in total. The predicted molar refractivity (Wildman–Crippen MR) is 65.2 cm³/mol. The molecule has 0 saturated heterocycles. The molecule has 5 heteroatoms. The lowest BCUT2D eigenvalue weighted by Gasteiger charge is -2.11. The van der Waals surface area contributed by atoms with E-state index in [0.717, 1.165) is 21.6 Å². The zero-order valence-electron chi connectivity index (χ0n) is 8.95. The van der Waals surface area contributed by atoms with Crippen LogP contribution in [0.2, 0.25) is 0 Å². The van der Waals surface area contributed by atoms with Gasteiger partial charge in [-0.05, 0) is 35.8 Å². The van der Waals surface area contributed by atoms with Gasteiger partial charge >= 0.3 is 0 Å². The molecule has 0 amide bonds. The first-order chi connectivity index (χ1) is 7.13. The van der Waals surface area contributed by atoms with Gasteiger partial charge in [0.25, 0.3) is 0 Å². The van der Waals surface area contributed by atoms with Crippen molar-refractivity contribution in [3.63, 3.8) is 0 Å². The topological polar surface area (TPSA) is 42.7 Å². The molecular formula is C10H13BrN4. The maximum absolute atomic E-state index is 4.46. The molecule has 0 aromatic carbocycles. The van der Waals surface area contributed by atoms with Gasteiger partial charge in [-0.3, -0.25) is 0 Å². The molecule has 15 heavy (non-hydrogen) atoms. The molecule has 1 N–H and O–H groups in total. The minimum absolute atomic E-state index is 0.367. The van der Waals surface area contributed by atoms with Crippen LogP contribution in [-0.4, -0.2) is 21.6 Å². The van der Waals surface area contributed by atoms with Crippen molar-refractivity contribution in [2.45, 2.75) is 19.9 Å². The summed E-state index contributed by atoms with van der Waals surface area (Å²) in [5.74, 6) is 0.875. The van der Waals surface area contributed by atoms with Crippen molar-refractivity contribution in [3.05, 3.63) is 16.9 Å². The van der Waals surface area contributed by atoms with E-state index < -0.39 is 0 Å². The van der Waals surface area contributed by atoms with Gasteiger partial charge < -0.3 is 9.88 Å². The van der Waals surface area contributed by atoms with Crippen LogP contribution in [0.3, 0.4) is 0 Å². The summed E-state index contributed by atoms with van der Waals surface area (Å²) in [6.45, 7) is 4.27. The first-order valence-electron chi connectivity index (χ1n) is 4.84. The van der Waals surface area contributed by atoms with Gasteiger partial charge in [0.1, 0.15) is 10.1 Å². The quantitative estimate of drug-likeness (QED) is 0.852. The van der Waals surface area contributed by atoms with E-state index in [1.54, 1.807) is 6.20 Å². The maximum atomic E-state index is 4.46. The number of hydrogen-bond donors (Lipinski definition) is 1. The van der Waals surface area contributed by atoms with E-state index in [0.29, 0.717) is 6.04 Å². The van der Waals surface area contributed by atoms with E-state index in [-0.39, 0.29) is 0 Å². The molecule has 2 aromatic heterocycles. The van der Waals surface area contributed by atoms with Crippen molar-refractivity contribution in [1.29, 1.82) is 0 Å². The number of aromatic nitrogens is 3. The van der Waals surface area contributed by atoms with Crippen molar-refractivity contribution in [2.75, 3.05) is 12.4 Å². The Labute approximate surface area is 96.8 Å². The Bertz CT molecular complexity index is 489. The molecule has 0 saturated carbocycles. The Kier molecular flexibility index (Phi) is 2.65. The van der Waals surface area contributed by atoms with Crippen LogP contribution in [-0.2, 0) is 0 Å². The second kappa shape index (κ2) is 3.81. The first-order valence-corrected chi connectivity index (χ1v) is 5.64. The van der Waals surface area contributed by atoms with E-state index in [4.69, 9.17) is 0 Å². The van der Waals surface area contributed by atoms with E-state index in [1.165, 1.54) is 0 Å². The minimum atomic E-state index is 0.367. The highest BCUT2D eigenvalue weighted by Crippen LogP contribution is 2.25. The van der Waals surface area contributed by atoms with Crippen LogP contribution < -0.4 is 5.32 Å². The number of nitrogens with one attached hydrogen (secondary N) is 1. The smallest absolute Gasteiger partial charge is 0.203 e. The van der Waals surface area contributed by atoms with Gasteiger partial charge in [0.05, 0.1) is 11.7 Å². The Hall–Kier alpha value is -1.10. The van der Waals surface area contributed by atoms with Crippen LogP contribution in [0.25, 0.3) is 11.0 Å². The minimum Gasteiger partial charge on any atom is -0.359 e. The molecule has 0 radical (unpaired) electrons. The average molecular weight is 269 g/mol. The number of fused-ring (bicyclic) bond motifs is 1. The second-order valence-electron chi connectivity index (χ2n) is 3.64. The van der Waals surface area contributed by atoms with Crippen LogP contribution in [0.15, 0.2) is 16.9 Å². The van der Waals surface area contributed by atoms with Gasteiger partial charge in [0.15, 0.2) is 0 Å². The Morgan fingerprint density at radius 1 is 1.47 bits per heavy atom. The monoisotopic (exact) mass is 268 g/mol. The van der Waals surface area contributed by atoms with E-state index in [9.17, 15) is 0 Å². The zero-order chi connectivity index (χ0) is 11.0. The van der Waals surface area contributed by atoms with Gasteiger partial charge in [-0.25, -0.2) is 9.97 Å². The second-order valence-corrected chi connectivity index (χ2v) is 4.46. The number of rotatable bonds is 2. The van der Waals surface area contributed by atoms with Gasteiger partial charge in [0, 0.05) is 13.1 Å². The highest BCUT2D eigenvalue weighted by Gasteiger charge is 2.12. The Morgan fingerprint density at radius 2 is 2.20 bits per heavy atom. The van der Waals surface area contributed by atoms with Crippen molar-refractivity contribution in [2.24, 2.45) is 0 Å². The van der Waals surface area contributed by atoms with Crippen LogP contribution in [0.1, 0.15) is 19.9 Å². The van der Waals surface area contributed by atoms with E-state index in [1.807, 2.05) is 13.1 Å². The summed E-state index contributed by atoms with van der Waals surface area (Å²) in [6.07, 6.45) is 1.78. The summed E-state index contributed by atoms with van der Waals surface area (Å²) in [4.78, 5) is 8.63. The molecule has 80 valence electrons. The molecule has 0 aliphatic carbocycles. The molecule has 2 heterocycles. The molecular weight excluding hydrogens is 256 g/mol. The van der Waals surface area contributed by atoms with E-state index in [2.05, 4.69) is 49.6 Å². The SMILES string of the molecule is CNc1nc2cnc(Br)cc2n1C(C)C. The van der Waals surface area contributed by atoms with Gasteiger partial charge in [-0.1, -0.05) is 0 Å². The maximum Gasteiger partial charge on any atom is 0.203 e. The number of anilines is 1. The van der Waals surface area contributed by atoms with Crippen molar-refractivity contribution < 1.29 is 0 Å². The third-order valence-electron chi connectivity index (χ3n) is 2.28. The number of imidazole rings is 1. The number of hydrogen-bond acceptors (Lipinski definition) is 3. The summed E-state index contributed by atoms with van der Waals surface area (Å²) < 4.78 is 2.99. The molecule has 2 rings (SSSR count). The van der Waals surface area contributed by atoms with Crippen molar-refractivity contribution in [3.8, 4) is 0 Å². The number of halogens is 1. The van der Waals surface area contributed by atoms with Crippen LogP contribution in [0.4, 0.5) is 5.95 Å². The van der Waals surface area contributed by atoms with Crippen molar-refractivity contribution in [1.82, 2.24) is 14.5 Å². The van der Waals surface area contributed by atoms with Crippen LogP contribution in [0, 0.1) is 0 Å². The highest BCUT2D eigenvalue weighted by molar-refractivity contribution is 9.10. The fourth-order valence-corrected chi connectivity index (χ4v) is 1.99. The molecule has 0 bridgehead atoms.